The SMILES string of the molecule is Cc1cc(NC(=S)N(CCC[NH+]2CC[NH+](C)CC2)Cc2ccco2)ccc1Cl. The molecule has 2 aromatic rings. The van der Waals surface area contributed by atoms with Crippen molar-refractivity contribution in [2.45, 2.75) is 19.9 Å². The van der Waals surface area contributed by atoms with Gasteiger partial charge in [0.1, 0.15) is 31.9 Å². The van der Waals surface area contributed by atoms with E-state index < -0.39 is 0 Å². The molecule has 0 unspecified atom stereocenters. The van der Waals surface area contributed by atoms with E-state index in [0.717, 1.165) is 40.1 Å². The first kappa shape index (κ1) is 21.1. The van der Waals surface area contributed by atoms with Crippen LogP contribution in [0.25, 0.3) is 0 Å². The van der Waals surface area contributed by atoms with Crippen molar-refractivity contribution in [1.82, 2.24) is 4.90 Å². The second-order valence-corrected chi connectivity index (χ2v) is 8.50. The maximum atomic E-state index is 6.14. The van der Waals surface area contributed by atoms with Gasteiger partial charge < -0.3 is 24.4 Å². The zero-order valence-electron chi connectivity index (χ0n) is 16.8. The molecule has 0 spiro atoms. The Morgan fingerprint density at radius 2 is 2.04 bits per heavy atom. The second kappa shape index (κ2) is 10.3. The highest BCUT2D eigenvalue weighted by Gasteiger charge is 2.20. The van der Waals surface area contributed by atoms with Gasteiger partial charge in [-0.3, -0.25) is 0 Å². The lowest BCUT2D eigenvalue weighted by Gasteiger charge is -2.29. The molecule has 5 nitrogen and oxygen atoms in total. The lowest BCUT2D eigenvalue weighted by molar-refractivity contribution is -1.00. The van der Waals surface area contributed by atoms with Crippen LogP contribution in [0.2, 0.25) is 5.02 Å². The Bertz CT molecular complexity index is 760. The summed E-state index contributed by atoms with van der Waals surface area (Å²) in [6.07, 6.45) is 2.82. The van der Waals surface area contributed by atoms with Crippen LogP contribution >= 0.6 is 23.8 Å². The Morgan fingerprint density at radius 3 is 2.71 bits per heavy atom. The zero-order chi connectivity index (χ0) is 19.9. The lowest BCUT2D eigenvalue weighted by Crippen LogP contribution is -3.27. The molecule has 1 aromatic carbocycles. The third kappa shape index (κ3) is 6.21. The molecule has 2 heterocycles. The maximum absolute atomic E-state index is 6.14. The van der Waals surface area contributed by atoms with Gasteiger partial charge in [-0.1, -0.05) is 11.6 Å². The predicted molar refractivity (Wildman–Crippen MR) is 118 cm³/mol. The van der Waals surface area contributed by atoms with Gasteiger partial charge in [-0.25, -0.2) is 0 Å². The number of quaternary nitrogens is 2. The molecule has 152 valence electrons. The average Bonchev–Trinajstić information content (AvgIpc) is 3.18. The number of piperazine rings is 1. The predicted octanol–water partition coefficient (Wildman–Crippen LogP) is 1.24. The van der Waals surface area contributed by atoms with E-state index in [1.165, 1.54) is 32.7 Å². The highest BCUT2D eigenvalue weighted by molar-refractivity contribution is 7.80. The summed E-state index contributed by atoms with van der Waals surface area (Å²) in [6, 6.07) is 9.80. The average molecular weight is 423 g/mol. The molecule has 1 saturated heterocycles. The number of benzene rings is 1. The van der Waals surface area contributed by atoms with Crippen LogP contribution in [-0.2, 0) is 6.54 Å². The number of aryl methyl sites for hydroxylation is 1. The summed E-state index contributed by atoms with van der Waals surface area (Å²) in [5.41, 5.74) is 2.00. The van der Waals surface area contributed by atoms with Crippen molar-refractivity contribution in [2.24, 2.45) is 0 Å². The van der Waals surface area contributed by atoms with Crippen molar-refractivity contribution in [1.29, 1.82) is 0 Å². The van der Waals surface area contributed by atoms with Crippen LogP contribution in [0.15, 0.2) is 41.0 Å². The first-order valence-electron chi connectivity index (χ1n) is 10.0. The van der Waals surface area contributed by atoms with Gasteiger partial charge in [0.2, 0.25) is 0 Å². The van der Waals surface area contributed by atoms with E-state index in [1.807, 2.05) is 37.3 Å². The zero-order valence-corrected chi connectivity index (χ0v) is 18.3. The summed E-state index contributed by atoms with van der Waals surface area (Å²) in [4.78, 5) is 5.54. The first-order valence-corrected chi connectivity index (χ1v) is 10.8. The normalized spacial score (nSPS) is 19.4. The Kier molecular flexibility index (Phi) is 7.73. The third-order valence-electron chi connectivity index (χ3n) is 5.39. The molecule has 0 bridgehead atoms. The number of hydrogen-bond acceptors (Lipinski definition) is 2. The number of nitrogens with one attached hydrogen (secondary N) is 3. The summed E-state index contributed by atoms with van der Waals surface area (Å²) >= 11 is 11.9. The molecule has 1 fully saturated rings. The maximum Gasteiger partial charge on any atom is 0.173 e. The van der Waals surface area contributed by atoms with E-state index in [1.54, 1.807) is 16.1 Å². The van der Waals surface area contributed by atoms with Gasteiger partial charge in [0.15, 0.2) is 5.11 Å². The van der Waals surface area contributed by atoms with Crippen LogP contribution in [0.4, 0.5) is 5.69 Å². The van der Waals surface area contributed by atoms with E-state index in [9.17, 15) is 0 Å². The molecule has 0 saturated carbocycles. The molecule has 0 radical (unpaired) electrons. The molecule has 1 aromatic heterocycles. The number of anilines is 1. The number of hydrogen-bond donors (Lipinski definition) is 3. The third-order valence-corrected chi connectivity index (χ3v) is 6.18. The van der Waals surface area contributed by atoms with E-state index in [-0.39, 0.29) is 0 Å². The molecule has 1 aliphatic heterocycles. The van der Waals surface area contributed by atoms with Crippen molar-refractivity contribution < 1.29 is 14.2 Å². The van der Waals surface area contributed by atoms with E-state index in [2.05, 4.69) is 17.3 Å². The summed E-state index contributed by atoms with van der Waals surface area (Å²) < 4.78 is 5.55. The van der Waals surface area contributed by atoms with Crippen molar-refractivity contribution in [3.8, 4) is 0 Å². The van der Waals surface area contributed by atoms with Crippen LogP contribution in [0.3, 0.4) is 0 Å². The van der Waals surface area contributed by atoms with Gasteiger partial charge in [-0.2, -0.15) is 0 Å². The smallest absolute Gasteiger partial charge is 0.173 e. The minimum atomic E-state index is 0.674. The summed E-state index contributed by atoms with van der Waals surface area (Å²) in [6.45, 7) is 9.82. The minimum absolute atomic E-state index is 0.674. The van der Waals surface area contributed by atoms with Crippen LogP contribution in [-0.4, -0.2) is 56.3 Å². The highest BCUT2D eigenvalue weighted by Crippen LogP contribution is 2.20. The number of halogens is 1. The quantitative estimate of drug-likeness (QED) is 0.587. The number of nitrogens with zero attached hydrogens (tertiary/aromatic N) is 1. The molecule has 3 N–H and O–H groups in total. The number of furan rings is 1. The number of rotatable bonds is 7. The van der Waals surface area contributed by atoms with Crippen molar-refractivity contribution in [3.05, 3.63) is 52.9 Å². The van der Waals surface area contributed by atoms with Gasteiger partial charge in [-0.15, -0.1) is 0 Å². The molecule has 0 aliphatic carbocycles. The van der Waals surface area contributed by atoms with Gasteiger partial charge >= 0.3 is 0 Å². The van der Waals surface area contributed by atoms with Crippen LogP contribution in [0, 0.1) is 6.92 Å². The molecule has 3 rings (SSSR count). The molecule has 1 aliphatic rings. The summed E-state index contributed by atoms with van der Waals surface area (Å²) in [5.74, 6) is 0.923. The molecule has 0 amide bonds. The van der Waals surface area contributed by atoms with Crippen LogP contribution in [0.1, 0.15) is 17.7 Å². The Labute approximate surface area is 178 Å². The number of likely N-dealkylation sites (N-methyl/N-ethyl adjacent to an activating group) is 1. The van der Waals surface area contributed by atoms with Gasteiger partial charge in [-0.05, 0) is 55.0 Å². The molecule has 7 heteroatoms. The van der Waals surface area contributed by atoms with Crippen LogP contribution in [0.5, 0.6) is 0 Å². The van der Waals surface area contributed by atoms with E-state index in [4.69, 9.17) is 28.2 Å². The highest BCUT2D eigenvalue weighted by atomic mass is 35.5. The summed E-state index contributed by atoms with van der Waals surface area (Å²) in [5, 5.41) is 4.85. The largest absolute Gasteiger partial charge is 0.467 e. The minimum Gasteiger partial charge on any atom is -0.467 e. The van der Waals surface area contributed by atoms with Gasteiger partial charge in [0.05, 0.1) is 26.4 Å². The second-order valence-electron chi connectivity index (χ2n) is 7.71. The fourth-order valence-electron chi connectivity index (χ4n) is 3.57. The Balaban J connectivity index is 1.57. The monoisotopic (exact) mass is 422 g/mol. The Hall–Kier alpha value is -1.60. The van der Waals surface area contributed by atoms with Crippen molar-refractivity contribution in [2.75, 3.05) is 51.6 Å². The van der Waals surface area contributed by atoms with E-state index in [0.29, 0.717) is 6.54 Å². The van der Waals surface area contributed by atoms with E-state index >= 15 is 0 Å². The topological polar surface area (TPSA) is 37.3 Å². The van der Waals surface area contributed by atoms with Crippen LogP contribution < -0.4 is 15.1 Å². The molecule has 0 atom stereocenters. The van der Waals surface area contributed by atoms with Crippen molar-refractivity contribution >= 4 is 34.6 Å². The standard InChI is InChI=1S/C21H29ClN4OS/c1-17-15-18(6-7-20(17)22)23-21(28)26(16-19-5-3-14-27-19)9-4-8-25-12-10-24(2)11-13-25/h3,5-7,14-15H,4,8-13,16H2,1-2H3,(H,23,28)/p+2. The molecule has 28 heavy (non-hydrogen) atoms. The van der Waals surface area contributed by atoms with Gasteiger partial charge in [0.25, 0.3) is 0 Å². The first-order chi connectivity index (χ1) is 13.5. The fraction of sp³-hybridized carbons (Fsp3) is 0.476. The lowest BCUT2D eigenvalue weighted by atomic mass is 10.2. The molecular formula is C21H31ClN4OS+2. The Morgan fingerprint density at radius 1 is 1.25 bits per heavy atom. The fourth-order valence-corrected chi connectivity index (χ4v) is 3.96. The number of thiocarbonyl (C=S) groups is 1. The molecular weight excluding hydrogens is 392 g/mol. The summed E-state index contributed by atoms with van der Waals surface area (Å²) in [7, 11) is 2.28. The van der Waals surface area contributed by atoms with Crippen molar-refractivity contribution in [3.63, 3.8) is 0 Å². The van der Waals surface area contributed by atoms with Gasteiger partial charge in [0, 0.05) is 23.7 Å².